The number of hydrogen-bond acceptors (Lipinski definition) is 2. The Morgan fingerprint density at radius 1 is 1.15 bits per heavy atom. The topological polar surface area (TPSA) is 46.3 Å². The van der Waals surface area contributed by atoms with Gasteiger partial charge >= 0.3 is 0 Å². The van der Waals surface area contributed by atoms with Crippen LogP contribution >= 0.6 is 0 Å². The van der Waals surface area contributed by atoms with Crippen LogP contribution in [0.15, 0.2) is 0 Å². The second-order valence-electron chi connectivity index (χ2n) is 8.25. The normalized spacial score (nSPS) is 43.6. The fourth-order valence-electron chi connectivity index (χ4n) is 6.05. The molecule has 3 nitrogen and oxygen atoms in total. The van der Waals surface area contributed by atoms with Crippen LogP contribution in [-0.2, 0) is 4.79 Å². The van der Waals surface area contributed by atoms with Gasteiger partial charge in [0.25, 0.3) is 0 Å². The van der Waals surface area contributed by atoms with Gasteiger partial charge in [0.2, 0.25) is 5.91 Å². The van der Waals surface area contributed by atoms with Crippen molar-refractivity contribution < 1.29 is 4.79 Å². The molecule has 0 radical (unpaired) electrons. The van der Waals surface area contributed by atoms with Crippen molar-refractivity contribution in [3.8, 4) is 0 Å². The lowest BCUT2D eigenvalue weighted by molar-refractivity contribution is -0.158. The third-order valence-electron chi connectivity index (χ3n) is 6.72. The molecule has 0 aromatic heterocycles. The Labute approximate surface area is 122 Å². The van der Waals surface area contributed by atoms with Crippen LogP contribution in [0.25, 0.3) is 0 Å². The average molecular weight is 276 g/mol. The first kappa shape index (κ1) is 13.1. The molecule has 112 valence electrons. The number of amides is 1. The van der Waals surface area contributed by atoms with Gasteiger partial charge in [-0.2, -0.15) is 0 Å². The summed E-state index contributed by atoms with van der Waals surface area (Å²) in [6.07, 6.45) is 10.2. The monoisotopic (exact) mass is 276 g/mol. The third-order valence-corrected chi connectivity index (χ3v) is 6.72. The Morgan fingerprint density at radius 2 is 1.65 bits per heavy atom. The summed E-state index contributed by atoms with van der Waals surface area (Å²) in [7, 11) is 2.02. The van der Waals surface area contributed by atoms with Crippen LogP contribution < -0.4 is 5.73 Å². The van der Waals surface area contributed by atoms with Gasteiger partial charge in [0.1, 0.15) is 0 Å². The molecule has 3 heteroatoms. The predicted molar refractivity (Wildman–Crippen MR) is 78.9 cm³/mol. The summed E-state index contributed by atoms with van der Waals surface area (Å²) in [5.74, 6) is 3.66. The molecule has 2 N–H and O–H groups in total. The largest absolute Gasteiger partial charge is 0.341 e. The molecule has 0 aromatic carbocycles. The van der Waals surface area contributed by atoms with E-state index in [1.165, 1.54) is 51.4 Å². The van der Waals surface area contributed by atoms with Crippen LogP contribution in [0.2, 0.25) is 0 Å². The summed E-state index contributed by atoms with van der Waals surface area (Å²) in [5.41, 5.74) is 5.96. The third kappa shape index (κ3) is 1.93. The summed E-state index contributed by atoms with van der Waals surface area (Å²) in [5, 5.41) is 0. The van der Waals surface area contributed by atoms with Gasteiger partial charge in [-0.3, -0.25) is 4.79 Å². The van der Waals surface area contributed by atoms with Crippen molar-refractivity contribution in [1.82, 2.24) is 4.90 Å². The Morgan fingerprint density at radius 3 is 2.05 bits per heavy atom. The van der Waals surface area contributed by atoms with E-state index >= 15 is 0 Å². The molecule has 0 spiro atoms. The Balaban J connectivity index is 1.55. The van der Waals surface area contributed by atoms with Gasteiger partial charge in [0.05, 0.1) is 5.41 Å². The zero-order valence-electron chi connectivity index (χ0n) is 12.7. The zero-order valence-corrected chi connectivity index (χ0v) is 12.7. The molecule has 5 saturated carbocycles. The van der Waals surface area contributed by atoms with E-state index < -0.39 is 0 Å². The number of likely N-dealkylation sites (N-methyl/N-ethyl adjacent to an activating group) is 1. The first-order chi connectivity index (χ1) is 9.61. The second kappa shape index (κ2) is 4.46. The Kier molecular flexibility index (Phi) is 2.93. The summed E-state index contributed by atoms with van der Waals surface area (Å²) in [6, 6.07) is 0.301. The summed E-state index contributed by atoms with van der Waals surface area (Å²) >= 11 is 0. The smallest absolute Gasteiger partial charge is 0.228 e. The van der Waals surface area contributed by atoms with Gasteiger partial charge in [-0.05, 0) is 75.0 Å². The van der Waals surface area contributed by atoms with E-state index in [9.17, 15) is 4.79 Å². The summed E-state index contributed by atoms with van der Waals surface area (Å²) in [6.45, 7) is 0.638. The van der Waals surface area contributed by atoms with Crippen molar-refractivity contribution in [2.75, 3.05) is 13.6 Å². The first-order valence-corrected chi connectivity index (χ1v) is 8.58. The van der Waals surface area contributed by atoms with Gasteiger partial charge in [0.15, 0.2) is 0 Å². The number of nitrogens with zero attached hydrogens (tertiary/aromatic N) is 1. The van der Waals surface area contributed by atoms with E-state index in [0.717, 1.165) is 17.8 Å². The van der Waals surface area contributed by atoms with Crippen molar-refractivity contribution in [3.05, 3.63) is 0 Å². The molecule has 4 bridgehead atoms. The Hall–Kier alpha value is -0.570. The highest BCUT2D eigenvalue weighted by atomic mass is 16.2. The van der Waals surface area contributed by atoms with Crippen LogP contribution in [0.5, 0.6) is 0 Å². The molecule has 5 rings (SSSR count). The highest BCUT2D eigenvalue weighted by Gasteiger charge is 2.56. The van der Waals surface area contributed by atoms with Crippen LogP contribution in [-0.4, -0.2) is 30.4 Å². The molecule has 0 aliphatic heterocycles. The highest BCUT2D eigenvalue weighted by Crippen LogP contribution is 2.60. The van der Waals surface area contributed by atoms with Gasteiger partial charge in [-0.1, -0.05) is 0 Å². The summed E-state index contributed by atoms with van der Waals surface area (Å²) in [4.78, 5) is 15.3. The van der Waals surface area contributed by atoms with Crippen molar-refractivity contribution in [1.29, 1.82) is 0 Å². The van der Waals surface area contributed by atoms with Crippen molar-refractivity contribution in [2.24, 2.45) is 34.8 Å². The van der Waals surface area contributed by atoms with Gasteiger partial charge < -0.3 is 10.6 Å². The predicted octanol–water partition coefficient (Wildman–Crippen LogP) is 2.40. The molecular weight excluding hydrogens is 248 g/mol. The minimum Gasteiger partial charge on any atom is -0.341 e. The van der Waals surface area contributed by atoms with Gasteiger partial charge in [0, 0.05) is 19.6 Å². The molecule has 5 fully saturated rings. The van der Waals surface area contributed by atoms with Crippen molar-refractivity contribution in [3.63, 3.8) is 0 Å². The molecule has 5 aliphatic carbocycles. The Bertz CT molecular complexity index is 380. The van der Waals surface area contributed by atoms with Crippen molar-refractivity contribution >= 4 is 5.91 Å². The molecular formula is C17H28N2O. The minimum atomic E-state index is 0.00576. The maximum atomic E-state index is 13.2. The number of rotatable bonds is 4. The molecule has 1 atom stereocenters. The van der Waals surface area contributed by atoms with E-state index in [-0.39, 0.29) is 5.41 Å². The lowest BCUT2D eigenvalue weighted by Gasteiger charge is -2.56. The quantitative estimate of drug-likeness (QED) is 0.857. The first-order valence-electron chi connectivity index (χ1n) is 8.58. The standard InChI is InChI=1S/C17H28N2O/c1-19(15(10-18)14-2-3-14)16(20)17-7-11-4-12(8-17)6-13(5-11)9-17/h11-15H,2-10,18H2,1H3. The van der Waals surface area contributed by atoms with Crippen LogP contribution in [0.4, 0.5) is 0 Å². The number of nitrogens with two attached hydrogens (primary N) is 1. The molecule has 0 aromatic rings. The van der Waals surface area contributed by atoms with E-state index in [0.29, 0.717) is 24.4 Å². The highest BCUT2D eigenvalue weighted by molar-refractivity contribution is 5.83. The van der Waals surface area contributed by atoms with Crippen molar-refractivity contribution in [2.45, 2.75) is 57.4 Å². The fourth-order valence-corrected chi connectivity index (χ4v) is 6.05. The number of carbonyl (C=O) groups is 1. The molecule has 0 heterocycles. The fraction of sp³-hybridized carbons (Fsp3) is 0.941. The molecule has 20 heavy (non-hydrogen) atoms. The lowest BCUT2D eigenvalue weighted by Crippen LogP contribution is -2.56. The van der Waals surface area contributed by atoms with Crippen LogP contribution in [0.3, 0.4) is 0 Å². The lowest BCUT2D eigenvalue weighted by atomic mass is 9.49. The maximum Gasteiger partial charge on any atom is 0.228 e. The van der Waals surface area contributed by atoms with Crippen LogP contribution in [0, 0.1) is 29.1 Å². The second-order valence-corrected chi connectivity index (χ2v) is 8.25. The number of carbonyl (C=O) groups excluding carboxylic acids is 1. The zero-order chi connectivity index (χ0) is 13.9. The molecule has 5 aliphatic rings. The van der Waals surface area contributed by atoms with E-state index in [4.69, 9.17) is 5.73 Å². The molecule has 1 unspecified atom stereocenters. The molecule has 1 amide bonds. The minimum absolute atomic E-state index is 0.00576. The van der Waals surface area contributed by atoms with Gasteiger partial charge in [-0.25, -0.2) is 0 Å². The van der Waals surface area contributed by atoms with E-state index in [2.05, 4.69) is 4.90 Å². The van der Waals surface area contributed by atoms with Crippen LogP contribution in [0.1, 0.15) is 51.4 Å². The average Bonchev–Trinajstić information content (AvgIpc) is 3.21. The van der Waals surface area contributed by atoms with E-state index in [1.807, 2.05) is 7.05 Å². The maximum absolute atomic E-state index is 13.2. The van der Waals surface area contributed by atoms with E-state index in [1.54, 1.807) is 0 Å². The SMILES string of the molecule is CN(C(=O)C12CC3CC(CC(C3)C1)C2)C(CN)C1CC1. The summed E-state index contributed by atoms with van der Waals surface area (Å²) < 4.78 is 0. The number of hydrogen-bond donors (Lipinski definition) is 1. The molecule has 0 saturated heterocycles. The van der Waals surface area contributed by atoms with Gasteiger partial charge in [-0.15, -0.1) is 0 Å².